The van der Waals surface area contributed by atoms with Crippen LogP contribution < -0.4 is 20.8 Å². The topological polar surface area (TPSA) is 149 Å². The zero-order valence-corrected chi connectivity index (χ0v) is 19.7. The van der Waals surface area contributed by atoms with E-state index < -0.39 is 28.8 Å². The molecular weight excluding hydrogens is 470 g/mol. The van der Waals surface area contributed by atoms with Gasteiger partial charge < -0.3 is 24.7 Å². The van der Waals surface area contributed by atoms with Gasteiger partial charge in [-0.2, -0.15) is 5.23 Å². The maximum atomic E-state index is 13.1. The Morgan fingerprint density at radius 2 is 1.89 bits per heavy atom. The fourth-order valence-corrected chi connectivity index (χ4v) is 5.39. The second-order valence-corrected chi connectivity index (χ2v) is 9.47. The number of quaternary nitrogens is 1. The first-order valence-corrected chi connectivity index (χ1v) is 11.7. The van der Waals surface area contributed by atoms with Gasteiger partial charge in [-0.25, -0.2) is 10.0 Å². The molecule has 0 saturated carbocycles. The highest BCUT2D eigenvalue weighted by Crippen LogP contribution is 2.35. The molecule has 0 radical (unpaired) electrons. The van der Waals surface area contributed by atoms with E-state index in [0.717, 1.165) is 22.6 Å². The number of nitrogens with one attached hydrogen (secondary N) is 2. The molecule has 0 aliphatic carbocycles. The van der Waals surface area contributed by atoms with Crippen molar-refractivity contribution in [2.24, 2.45) is 5.92 Å². The monoisotopic (exact) mass is 497 g/mol. The summed E-state index contributed by atoms with van der Waals surface area (Å²) in [5, 5.41) is 21.9. The van der Waals surface area contributed by atoms with Gasteiger partial charge in [-0.05, 0) is 36.1 Å². The number of methoxy groups -OCH3 is 1. The quantitative estimate of drug-likeness (QED) is 0.367. The smallest absolute Gasteiger partial charge is 0.325 e. The second kappa shape index (κ2) is 9.37. The Balaban J connectivity index is 1.24. The number of hydrogen-bond donors (Lipinski definition) is 3. The van der Waals surface area contributed by atoms with Crippen molar-refractivity contribution in [2.75, 3.05) is 20.2 Å². The van der Waals surface area contributed by atoms with Gasteiger partial charge in [0.2, 0.25) is 11.6 Å². The van der Waals surface area contributed by atoms with Gasteiger partial charge in [-0.15, -0.1) is 0 Å². The number of imide groups is 1. The standard InChI is InChI=1S/C24H27N5O7/c1-36-17-4-2-14(3-5-17)11-28-22(31)18(25-24(28)33)9-21(30)26-10-15-8-16(13-26)19-6-7-20(29(34)35)23(32)27(19)12-15/h2-7,15-16,18,29,34H,8-13H2,1H3,(H,25,33)/t15-,16+,18+/m1/s1. The summed E-state index contributed by atoms with van der Waals surface area (Å²) < 4.78 is 6.64. The first kappa shape index (κ1) is 24.0. The zero-order valence-electron chi connectivity index (χ0n) is 19.7. The number of amides is 4. The Kier molecular flexibility index (Phi) is 6.24. The van der Waals surface area contributed by atoms with Gasteiger partial charge in [-0.1, -0.05) is 12.1 Å². The van der Waals surface area contributed by atoms with Crippen molar-refractivity contribution in [3.05, 3.63) is 63.2 Å². The minimum Gasteiger partial charge on any atom is -0.595 e. The fraction of sp³-hybridized carbons (Fsp3) is 0.417. The lowest BCUT2D eigenvalue weighted by Gasteiger charge is -2.43. The third-order valence-corrected chi connectivity index (χ3v) is 7.17. The Bertz CT molecular complexity index is 1260. The summed E-state index contributed by atoms with van der Waals surface area (Å²) in [7, 11) is 1.55. The number of rotatable bonds is 6. The van der Waals surface area contributed by atoms with Gasteiger partial charge in [0.05, 0.1) is 20.1 Å². The maximum Gasteiger partial charge on any atom is 0.325 e. The van der Waals surface area contributed by atoms with Gasteiger partial charge in [0.15, 0.2) is 0 Å². The number of fused-ring (bicyclic) bond motifs is 4. The van der Waals surface area contributed by atoms with Crippen LogP contribution in [0.1, 0.15) is 30.0 Å². The third-order valence-electron chi connectivity index (χ3n) is 7.17. The van der Waals surface area contributed by atoms with Crippen molar-refractivity contribution in [3.8, 4) is 5.75 Å². The van der Waals surface area contributed by atoms with Crippen molar-refractivity contribution < 1.29 is 29.6 Å². The molecule has 3 N–H and O–H groups in total. The first-order valence-electron chi connectivity index (χ1n) is 11.7. The lowest BCUT2D eigenvalue weighted by molar-refractivity contribution is -0.992. The van der Waals surface area contributed by atoms with Gasteiger partial charge in [0.25, 0.3) is 5.91 Å². The molecule has 1 unspecified atom stereocenters. The van der Waals surface area contributed by atoms with Crippen LogP contribution in [-0.4, -0.2) is 63.7 Å². The number of urea groups is 1. The second-order valence-electron chi connectivity index (χ2n) is 9.47. The van der Waals surface area contributed by atoms with E-state index in [2.05, 4.69) is 5.32 Å². The van der Waals surface area contributed by atoms with E-state index >= 15 is 0 Å². The van der Waals surface area contributed by atoms with Crippen molar-refractivity contribution in [1.82, 2.24) is 19.7 Å². The summed E-state index contributed by atoms with van der Waals surface area (Å²) in [6.07, 6.45) is 0.651. The number of likely N-dealkylation sites (tertiary alicyclic amines) is 1. The van der Waals surface area contributed by atoms with Gasteiger partial charge in [0, 0.05) is 37.3 Å². The summed E-state index contributed by atoms with van der Waals surface area (Å²) in [5.41, 5.74) is 0.691. The first-order chi connectivity index (χ1) is 17.2. The van der Waals surface area contributed by atoms with Crippen LogP contribution in [0.2, 0.25) is 0 Å². The number of benzene rings is 1. The van der Waals surface area contributed by atoms with E-state index in [0.29, 0.717) is 25.4 Å². The lowest BCUT2D eigenvalue weighted by Crippen LogP contribution is -3.00. The van der Waals surface area contributed by atoms with E-state index in [1.54, 1.807) is 42.3 Å². The molecule has 1 aromatic carbocycles. The average molecular weight is 498 g/mol. The summed E-state index contributed by atoms with van der Waals surface area (Å²) in [6.45, 7) is 1.20. The molecule has 2 fully saturated rings. The highest BCUT2D eigenvalue weighted by Gasteiger charge is 2.42. The molecule has 36 heavy (non-hydrogen) atoms. The summed E-state index contributed by atoms with van der Waals surface area (Å²) in [5.74, 6) is -0.118. The van der Waals surface area contributed by atoms with Crippen LogP contribution in [0.15, 0.2) is 41.2 Å². The van der Waals surface area contributed by atoms with E-state index in [-0.39, 0.29) is 36.4 Å². The Hall–Kier alpha value is -3.74. The molecule has 3 aliphatic heterocycles. The number of pyridine rings is 1. The molecule has 5 rings (SSSR count). The van der Waals surface area contributed by atoms with E-state index in [1.165, 1.54) is 10.6 Å². The minimum absolute atomic E-state index is 0.00221. The molecule has 4 amide bonds. The van der Waals surface area contributed by atoms with E-state index in [9.17, 15) is 29.6 Å². The summed E-state index contributed by atoms with van der Waals surface area (Å²) in [6, 6.07) is 8.54. The predicted octanol–water partition coefficient (Wildman–Crippen LogP) is -0.283. The van der Waals surface area contributed by atoms with E-state index in [1.807, 2.05) is 0 Å². The molecule has 12 heteroatoms. The van der Waals surface area contributed by atoms with Crippen LogP contribution in [0.25, 0.3) is 0 Å². The fourth-order valence-electron chi connectivity index (χ4n) is 5.39. The van der Waals surface area contributed by atoms with Crippen LogP contribution >= 0.6 is 0 Å². The number of ether oxygens (including phenoxy) is 1. The van der Waals surface area contributed by atoms with Crippen LogP contribution in [0.3, 0.4) is 0 Å². The molecule has 2 aromatic rings. The highest BCUT2D eigenvalue weighted by atomic mass is 16.8. The zero-order chi connectivity index (χ0) is 25.6. The Labute approximate surface area is 206 Å². The highest BCUT2D eigenvalue weighted by molar-refractivity contribution is 6.05. The van der Waals surface area contributed by atoms with Crippen LogP contribution in [0, 0.1) is 11.1 Å². The summed E-state index contributed by atoms with van der Waals surface area (Å²) in [4.78, 5) is 53.9. The largest absolute Gasteiger partial charge is 0.595 e. The number of piperidine rings is 1. The lowest BCUT2D eigenvalue weighted by atomic mass is 9.83. The number of carbonyl (C=O) groups excluding carboxylic acids is 3. The summed E-state index contributed by atoms with van der Waals surface area (Å²) >= 11 is 0. The third kappa shape index (κ3) is 4.34. The van der Waals surface area contributed by atoms with Crippen LogP contribution in [-0.2, 0) is 22.7 Å². The van der Waals surface area contributed by atoms with Crippen molar-refractivity contribution >= 4 is 23.5 Å². The van der Waals surface area contributed by atoms with Crippen molar-refractivity contribution in [2.45, 2.75) is 37.9 Å². The molecule has 1 aromatic heterocycles. The maximum absolute atomic E-state index is 13.1. The normalized spacial score (nSPS) is 23.8. The van der Waals surface area contributed by atoms with Gasteiger partial charge in [0.1, 0.15) is 11.8 Å². The van der Waals surface area contributed by atoms with E-state index in [4.69, 9.17) is 4.74 Å². The Morgan fingerprint density at radius 3 is 2.58 bits per heavy atom. The van der Waals surface area contributed by atoms with Crippen molar-refractivity contribution in [3.63, 3.8) is 0 Å². The van der Waals surface area contributed by atoms with Crippen LogP contribution in [0.4, 0.5) is 10.5 Å². The number of nitrogens with zero attached hydrogens (tertiary/aromatic N) is 3. The number of carbonyl (C=O) groups is 3. The molecule has 3 aliphatic rings. The number of hydrogen-bond acceptors (Lipinski definition) is 7. The predicted molar refractivity (Wildman–Crippen MR) is 124 cm³/mol. The molecule has 2 bridgehead atoms. The SMILES string of the molecule is COc1ccc(CN2C(=O)N[C@@H](CC(=O)N3C[C@H]4C[C@@H](C3)c3ccc([NH+]([O-])O)c(=O)n3C4)C2=O)cc1. The molecule has 0 spiro atoms. The van der Waals surface area contributed by atoms with Crippen LogP contribution in [0.5, 0.6) is 5.75 Å². The number of aromatic nitrogens is 1. The minimum atomic E-state index is -1.26. The molecule has 190 valence electrons. The average Bonchev–Trinajstić information content (AvgIpc) is 3.12. The molecule has 4 heterocycles. The van der Waals surface area contributed by atoms with Gasteiger partial charge >= 0.3 is 11.6 Å². The molecular formula is C24H27N5O7. The van der Waals surface area contributed by atoms with Gasteiger partial charge in [-0.3, -0.25) is 19.3 Å². The van der Waals surface area contributed by atoms with Crippen molar-refractivity contribution in [1.29, 1.82) is 0 Å². The molecule has 2 saturated heterocycles. The Morgan fingerprint density at radius 1 is 1.14 bits per heavy atom. The molecule has 4 atom stereocenters. The molecule has 12 nitrogen and oxygen atoms in total.